The quantitative estimate of drug-likeness (QED) is 0.298. The molecule has 1 aromatic heterocycles. The van der Waals surface area contributed by atoms with Crippen LogP contribution in [-0.2, 0) is 17.8 Å². The third-order valence-corrected chi connectivity index (χ3v) is 6.65. The van der Waals surface area contributed by atoms with Gasteiger partial charge in [-0.2, -0.15) is 0 Å². The van der Waals surface area contributed by atoms with Crippen molar-refractivity contribution < 1.29 is 19.4 Å². The third kappa shape index (κ3) is 5.97. The Hall–Kier alpha value is -3.78. The van der Waals surface area contributed by atoms with Gasteiger partial charge in [-0.05, 0) is 47.9 Å². The zero-order valence-corrected chi connectivity index (χ0v) is 21.4. The minimum absolute atomic E-state index is 0.0259. The van der Waals surface area contributed by atoms with Crippen LogP contribution in [0, 0.1) is 10.3 Å². The number of rotatable bonds is 9. The highest BCUT2D eigenvalue weighted by atomic mass is 16.5. The topological polar surface area (TPSA) is 107 Å². The summed E-state index contributed by atoms with van der Waals surface area (Å²) in [7, 11) is 0. The van der Waals surface area contributed by atoms with Crippen LogP contribution in [0.3, 0.4) is 0 Å². The third-order valence-electron chi connectivity index (χ3n) is 6.65. The summed E-state index contributed by atoms with van der Waals surface area (Å²) < 4.78 is 13.5. The lowest BCUT2D eigenvalue weighted by Crippen LogP contribution is -2.32. The molecule has 1 unspecified atom stereocenters. The van der Waals surface area contributed by atoms with Gasteiger partial charge in [0.15, 0.2) is 16.9 Å². The van der Waals surface area contributed by atoms with Crippen LogP contribution >= 0.6 is 0 Å². The van der Waals surface area contributed by atoms with Crippen molar-refractivity contribution in [3.8, 4) is 22.8 Å². The van der Waals surface area contributed by atoms with Crippen molar-refractivity contribution in [1.29, 1.82) is 0 Å². The molecule has 1 atom stereocenters. The van der Waals surface area contributed by atoms with Crippen LogP contribution < -0.4 is 10.2 Å². The van der Waals surface area contributed by atoms with E-state index in [4.69, 9.17) is 9.47 Å². The fraction of sp³-hybridized carbons (Fsp3) is 0.379. The maximum Gasteiger partial charge on any atom is 0.322 e. The fourth-order valence-electron chi connectivity index (χ4n) is 4.65. The average molecular weight is 505 g/mol. The van der Waals surface area contributed by atoms with Crippen molar-refractivity contribution >= 4 is 5.91 Å². The molecule has 0 spiro atoms. The molecule has 0 radical (unpaired) electrons. The SMILES string of the molecule is CC(C)(C)C1Cc2cc(OCCCCOCc3ccccc3)c(O)cc2-c2cc(=O)c(C(=O)N=O)cn21. The minimum Gasteiger partial charge on any atom is -0.504 e. The summed E-state index contributed by atoms with van der Waals surface area (Å²) in [6.45, 7) is 7.85. The van der Waals surface area contributed by atoms with E-state index in [2.05, 4.69) is 25.9 Å². The molecule has 1 N–H and O–H groups in total. The second-order valence-electron chi connectivity index (χ2n) is 10.4. The van der Waals surface area contributed by atoms with E-state index in [1.807, 2.05) is 41.0 Å². The van der Waals surface area contributed by atoms with Crippen molar-refractivity contribution in [1.82, 2.24) is 4.57 Å². The molecule has 1 aliphatic heterocycles. The van der Waals surface area contributed by atoms with E-state index in [0.29, 0.717) is 43.2 Å². The molecule has 0 saturated heterocycles. The van der Waals surface area contributed by atoms with Crippen molar-refractivity contribution in [3.63, 3.8) is 0 Å². The number of nitroso groups, excluding NO2 is 1. The van der Waals surface area contributed by atoms with E-state index in [0.717, 1.165) is 24.0 Å². The molecular weight excluding hydrogens is 472 g/mol. The van der Waals surface area contributed by atoms with E-state index in [9.17, 15) is 19.6 Å². The first-order valence-electron chi connectivity index (χ1n) is 12.4. The number of carbonyl (C=O) groups excluding carboxylic acids is 1. The van der Waals surface area contributed by atoms with Gasteiger partial charge >= 0.3 is 5.91 Å². The predicted octanol–water partition coefficient (Wildman–Crippen LogP) is 5.65. The Bertz CT molecular complexity index is 1340. The van der Waals surface area contributed by atoms with E-state index in [1.165, 1.54) is 12.3 Å². The second kappa shape index (κ2) is 11.1. The van der Waals surface area contributed by atoms with Gasteiger partial charge in [-0.15, -0.1) is 4.91 Å². The number of ether oxygens (including phenoxy) is 2. The molecule has 8 heteroatoms. The van der Waals surface area contributed by atoms with Crippen molar-refractivity contribution in [2.75, 3.05) is 13.2 Å². The first-order valence-corrected chi connectivity index (χ1v) is 12.4. The molecule has 0 fully saturated rings. The summed E-state index contributed by atoms with van der Waals surface area (Å²) in [4.78, 5) is 35.3. The Morgan fingerprint density at radius 2 is 1.84 bits per heavy atom. The number of phenols is 1. The van der Waals surface area contributed by atoms with E-state index in [-0.39, 0.29) is 22.8 Å². The predicted molar refractivity (Wildman–Crippen MR) is 141 cm³/mol. The summed E-state index contributed by atoms with van der Waals surface area (Å²) in [6, 6.07) is 14.7. The maximum atomic E-state index is 12.6. The van der Waals surface area contributed by atoms with E-state index < -0.39 is 11.3 Å². The number of nitrogens with zero attached hydrogens (tertiary/aromatic N) is 2. The normalized spacial score (nSPS) is 14.5. The number of hydrogen-bond acceptors (Lipinski definition) is 6. The van der Waals surface area contributed by atoms with Gasteiger partial charge in [0.2, 0.25) is 0 Å². The van der Waals surface area contributed by atoms with Crippen LogP contribution in [0.1, 0.15) is 61.1 Å². The van der Waals surface area contributed by atoms with Gasteiger partial charge in [-0.3, -0.25) is 9.59 Å². The molecule has 1 aliphatic rings. The highest BCUT2D eigenvalue weighted by Crippen LogP contribution is 2.45. The second-order valence-corrected chi connectivity index (χ2v) is 10.4. The van der Waals surface area contributed by atoms with E-state index in [1.54, 1.807) is 6.07 Å². The average Bonchev–Trinajstić information content (AvgIpc) is 2.87. The molecule has 0 aliphatic carbocycles. The number of phenolic OH excluding ortho intramolecular Hbond substituents is 1. The number of pyridine rings is 1. The van der Waals surface area contributed by atoms with Crippen molar-refractivity contribution in [2.24, 2.45) is 10.6 Å². The maximum absolute atomic E-state index is 12.6. The Labute approximate surface area is 215 Å². The standard InChI is InChI=1S/C29H32N2O6/c1-29(2,3)27-14-20-13-26(37-12-8-7-11-36-18-19-9-5-4-6-10-19)25(33)15-21(20)23-16-24(32)22(17-31(23)27)28(34)30-35/h4-6,9-10,13,15-17,27,33H,7-8,11-12,14,18H2,1-3H3. The monoisotopic (exact) mass is 504 g/mol. The Kier molecular flexibility index (Phi) is 7.88. The summed E-state index contributed by atoms with van der Waals surface area (Å²) >= 11 is 0. The summed E-state index contributed by atoms with van der Waals surface area (Å²) in [6.07, 6.45) is 3.62. The Morgan fingerprint density at radius 1 is 1.11 bits per heavy atom. The number of hydrogen-bond donors (Lipinski definition) is 1. The lowest BCUT2D eigenvalue weighted by Gasteiger charge is -2.39. The smallest absolute Gasteiger partial charge is 0.322 e. The molecule has 4 rings (SSSR count). The zero-order valence-electron chi connectivity index (χ0n) is 21.4. The molecule has 2 heterocycles. The lowest BCUT2D eigenvalue weighted by atomic mass is 9.78. The Balaban J connectivity index is 1.47. The number of fused-ring (bicyclic) bond motifs is 3. The minimum atomic E-state index is -1.09. The fourth-order valence-corrected chi connectivity index (χ4v) is 4.65. The van der Waals surface area contributed by atoms with Crippen LogP contribution in [0.4, 0.5) is 0 Å². The first kappa shape index (κ1) is 26.3. The molecule has 8 nitrogen and oxygen atoms in total. The van der Waals surface area contributed by atoms with Gasteiger partial charge < -0.3 is 19.1 Å². The number of benzene rings is 2. The van der Waals surface area contributed by atoms with Crippen LogP contribution in [-0.4, -0.2) is 28.8 Å². The van der Waals surface area contributed by atoms with Gasteiger partial charge in [0.1, 0.15) is 5.56 Å². The van der Waals surface area contributed by atoms with Gasteiger partial charge in [-0.25, -0.2) is 0 Å². The van der Waals surface area contributed by atoms with E-state index >= 15 is 0 Å². The highest BCUT2D eigenvalue weighted by Gasteiger charge is 2.34. The number of unbranched alkanes of at least 4 members (excludes halogenated alkanes) is 1. The van der Waals surface area contributed by atoms with Crippen LogP contribution in [0.25, 0.3) is 11.3 Å². The van der Waals surface area contributed by atoms with Gasteiger partial charge in [0.25, 0.3) is 0 Å². The number of carbonyl (C=O) groups is 1. The molecule has 0 bridgehead atoms. The largest absolute Gasteiger partial charge is 0.504 e. The summed E-state index contributed by atoms with van der Waals surface area (Å²) in [5, 5.41) is 13.1. The van der Waals surface area contributed by atoms with Crippen LogP contribution in [0.15, 0.2) is 64.7 Å². The molecule has 3 aromatic rings. The van der Waals surface area contributed by atoms with Gasteiger partial charge in [0.05, 0.1) is 18.9 Å². The summed E-state index contributed by atoms with van der Waals surface area (Å²) in [5.41, 5.74) is 2.28. The van der Waals surface area contributed by atoms with Crippen molar-refractivity contribution in [3.05, 3.63) is 86.5 Å². The van der Waals surface area contributed by atoms with Gasteiger partial charge in [-0.1, -0.05) is 51.1 Å². The number of amides is 1. The van der Waals surface area contributed by atoms with Crippen LogP contribution in [0.5, 0.6) is 11.5 Å². The number of aromatic hydroxyl groups is 1. The molecule has 37 heavy (non-hydrogen) atoms. The zero-order chi connectivity index (χ0) is 26.6. The molecule has 194 valence electrons. The van der Waals surface area contributed by atoms with Crippen LogP contribution in [0.2, 0.25) is 0 Å². The summed E-state index contributed by atoms with van der Waals surface area (Å²) in [5.74, 6) is -0.720. The number of aromatic nitrogens is 1. The first-order chi connectivity index (χ1) is 17.7. The lowest BCUT2D eigenvalue weighted by molar-refractivity contribution is 0.0998. The molecular formula is C29H32N2O6. The molecule has 2 aromatic carbocycles. The highest BCUT2D eigenvalue weighted by molar-refractivity contribution is 5.94. The Morgan fingerprint density at radius 3 is 2.54 bits per heavy atom. The van der Waals surface area contributed by atoms with Gasteiger partial charge in [0, 0.05) is 35.7 Å². The van der Waals surface area contributed by atoms with Crippen molar-refractivity contribution in [2.45, 2.75) is 52.7 Å². The molecule has 0 saturated carbocycles. The molecule has 1 amide bonds.